The largest absolute Gasteiger partial charge is 0.513 e. The SMILES string of the molecule is CCCCCOC(=O)Oc1ccc(-c2ncc3c(n2)CCC(C)C3)cc1. The molecule has 0 bridgehead atoms. The number of aromatic nitrogens is 2. The highest BCUT2D eigenvalue weighted by molar-refractivity contribution is 5.65. The van der Waals surface area contributed by atoms with Gasteiger partial charge in [-0.2, -0.15) is 0 Å². The summed E-state index contributed by atoms with van der Waals surface area (Å²) in [7, 11) is 0. The van der Waals surface area contributed by atoms with E-state index < -0.39 is 6.16 Å². The summed E-state index contributed by atoms with van der Waals surface area (Å²) in [6.45, 7) is 4.77. The zero-order valence-corrected chi connectivity index (χ0v) is 15.5. The third-order valence-electron chi connectivity index (χ3n) is 4.68. The molecule has 0 radical (unpaired) electrons. The molecular weight excluding hydrogens is 328 g/mol. The highest BCUT2D eigenvalue weighted by atomic mass is 16.7. The first kappa shape index (κ1) is 18.4. The molecule has 5 heteroatoms. The van der Waals surface area contributed by atoms with Crippen LogP contribution in [0.15, 0.2) is 30.5 Å². The summed E-state index contributed by atoms with van der Waals surface area (Å²) < 4.78 is 10.2. The Kier molecular flexibility index (Phi) is 6.21. The van der Waals surface area contributed by atoms with E-state index in [-0.39, 0.29) is 0 Å². The quantitative estimate of drug-likeness (QED) is 0.416. The van der Waals surface area contributed by atoms with Gasteiger partial charge in [0, 0.05) is 17.5 Å². The Labute approximate surface area is 154 Å². The first-order chi connectivity index (χ1) is 12.7. The lowest BCUT2D eigenvalue weighted by Gasteiger charge is -2.20. The number of nitrogens with zero attached hydrogens (tertiary/aromatic N) is 2. The smallest absolute Gasteiger partial charge is 0.434 e. The Morgan fingerprint density at radius 3 is 2.81 bits per heavy atom. The van der Waals surface area contributed by atoms with Crippen LogP contribution in [0.4, 0.5) is 4.79 Å². The van der Waals surface area contributed by atoms with Crippen molar-refractivity contribution in [2.24, 2.45) is 5.92 Å². The van der Waals surface area contributed by atoms with Gasteiger partial charge >= 0.3 is 6.16 Å². The van der Waals surface area contributed by atoms with Gasteiger partial charge in [0.25, 0.3) is 0 Å². The van der Waals surface area contributed by atoms with Gasteiger partial charge in [0.05, 0.1) is 6.61 Å². The molecule has 2 aromatic rings. The van der Waals surface area contributed by atoms with Crippen LogP contribution in [0.1, 0.15) is 50.8 Å². The Balaban J connectivity index is 1.60. The number of aryl methyl sites for hydroxylation is 1. The van der Waals surface area contributed by atoms with Crippen LogP contribution in [-0.4, -0.2) is 22.7 Å². The minimum absolute atomic E-state index is 0.395. The Hall–Kier alpha value is -2.43. The lowest BCUT2D eigenvalue weighted by Crippen LogP contribution is -2.14. The average Bonchev–Trinajstić information content (AvgIpc) is 2.65. The second kappa shape index (κ2) is 8.79. The first-order valence-electron chi connectivity index (χ1n) is 9.45. The van der Waals surface area contributed by atoms with Gasteiger partial charge in [0.2, 0.25) is 0 Å². The van der Waals surface area contributed by atoms with Crippen LogP contribution in [-0.2, 0) is 17.6 Å². The summed E-state index contributed by atoms with van der Waals surface area (Å²) in [5, 5.41) is 0. The van der Waals surface area contributed by atoms with E-state index in [2.05, 4.69) is 18.8 Å². The van der Waals surface area contributed by atoms with E-state index in [9.17, 15) is 4.79 Å². The number of rotatable bonds is 6. The van der Waals surface area contributed by atoms with Gasteiger partial charge in [-0.05, 0) is 61.4 Å². The summed E-state index contributed by atoms with van der Waals surface area (Å²) in [4.78, 5) is 20.9. The molecule has 1 unspecified atom stereocenters. The second-order valence-electron chi connectivity index (χ2n) is 6.95. The van der Waals surface area contributed by atoms with Crippen LogP contribution in [0.5, 0.6) is 5.75 Å². The Morgan fingerprint density at radius 2 is 2.04 bits per heavy atom. The van der Waals surface area contributed by atoms with Crippen molar-refractivity contribution in [2.45, 2.75) is 52.4 Å². The molecular formula is C21H26N2O3. The number of hydrogen-bond acceptors (Lipinski definition) is 5. The molecule has 0 saturated carbocycles. The molecule has 0 spiro atoms. The van der Waals surface area contributed by atoms with Gasteiger partial charge in [0.1, 0.15) is 5.75 Å². The van der Waals surface area contributed by atoms with Gasteiger partial charge in [-0.3, -0.25) is 0 Å². The van der Waals surface area contributed by atoms with Crippen molar-refractivity contribution in [1.29, 1.82) is 0 Å². The molecule has 1 aromatic carbocycles. The molecule has 5 nitrogen and oxygen atoms in total. The number of fused-ring (bicyclic) bond motifs is 1. The van der Waals surface area contributed by atoms with E-state index in [1.165, 1.54) is 12.0 Å². The van der Waals surface area contributed by atoms with Gasteiger partial charge in [-0.25, -0.2) is 14.8 Å². The average molecular weight is 354 g/mol. The van der Waals surface area contributed by atoms with Crippen molar-refractivity contribution < 1.29 is 14.3 Å². The number of hydrogen-bond donors (Lipinski definition) is 0. The van der Waals surface area contributed by atoms with Crippen LogP contribution in [0.3, 0.4) is 0 Å². The molecule has 138 valence electrons. The highest BCUT2D eigenvalue weighted by Gasteiger charge is 2.17. The molecule has 0 fully saturated rings. The van der Waals surface area contributed by atoms with Crippen molar-refractivity contribution in [2.75, 3.05) is 6.61 Å². The third kappa shape index (κ3) is 4.81. The predicted octanol–water partition coefficient (Wildman–Crippen LogP) is 4.97. The van der Waals surface area contributed by atoms with Gasteiger partial charge in [0.15, 0.2) is 5.82 Å². The minimum Gasteiger partial charge on any atom is -0.434 e. The fraction of sp³-hybridized carbons (Fsp3) is 0.476. The normalized spacial score (nSPS) is 16.0. The number of ether oxygens (including phenoxy) is 2. The van der Waals surface area contributed by atoms with Crippen LogP contribution < -0.4 is 4.74 Å². The molecule has 0 aliphatic heterocycles. The fourth-order valence-electron chi connectivity index (χ4n) is 3.13. The maximum Gasteiger partial charge on any atom is 0.513 e. The summed E-state index contributed by atoms with van der Waals surface area (Å²) in [6.07, 6.45) is 7.53. The van der Waals surface area contributed by atoms with E-state index in [1.54, 1.807) is 12.1 Å². The standard InChI is InChI=1S/C21H26N2O3/c1-3-4-5-12-25-21(24)26-18-9-7-16(8-10-18)20-22-14-17-13-15(2)6-11-19(17)23-20/h7-10,14-15H,3-6,11-13H2,1-2H3. The Bertz CT molecular complexity index is 743. The lowest BCUT2D eigenvalue weighted by atomic mass is 9.89. The monoisotopic (exact) mass is 354 g/mol. The molecule has 1 aliphatic carbocycles. The number of unbranched alkanes of at least 4 members (excludes halogenated alkanes) is 2. The molecule has 3 rings (SSSR count). The summed E-state index contributed by atoms with van der Waals surface area (Å²) >= 11 is 0. The van der Waals surface area contributed by atoms with Gasteiger partial charge in [-0.1, -0.05) is 26.7 Å². The van der Waals surface area contributed by atoms with E-state index in [4.69, 9.17) is 14.5 Å². The zero-order chi connectivity index (χ0) is 18.4. The number of benzene rings is 1. The van der Waals surface area contributed by atoms with Gasteiger partial charge in [-0.15, -0.1) is 0 Å². The van der Waals surface area contributed by atoms with E-state index >= 15 is 0 Å². The lowest BCUT2D eigenvalue weighted by molar-refractivity contribution is 0.0974. The molecule has 0 N–H and O–H groups in total. The summed E-state index contributed by atoms with van der Waals surface area (Å²) in [5.74, 6) is 1.88. The van der Waals surface area contributed by atoms with Crippen molar-refractivity contribution in [3.63, 3.8) is 0 Å². The molecule has 1 heterocycles. The van der Waals surface area contributed by atoms with Gasteiger partial charge < -0.3 is 9.47 Å². The predicted molar refractivity (Wildman–Crippen MR) is 100 cm³/mol. The number of carbonyl (C=O) groups excluding carboxylic acids is 1. The van der Waals surface area contributed by atoms with Crippen molar-refractivity contribution in [1.82, 2.24) is 9.97 Å². The highest BCUT2D eigenvalue weighted by Crippen LogP contribution is 2.26. The summed E-state index contributed by atoms with van der Waals surface area (Å²) in [5.41, 5.74) is 3.33. The molecule has 1 aliphatic rings. The van der Waals surface area contributed by atoms with E-state index in [0.717, 1.165) is 43.4 Å². The molecule has 0 amide bonds. The Morgan fingerprint density at radius 1 is 1.23 bits per heavy atom. The first-order valence-corrected chi connectivity index (χ1v) is 9.45. The topological polar surface area (TPSA) is 61.3 Å². The van der Waals surface area contributed by atoms with Crippen LogP contribution in [0, 0.1) is 5.92 Å². The van der Waals surface area contributed by atoms with Crippen LogP contribution in [0.2, 0.25) is 0 Å². The maximum absolute atomic E-state index is 11.6. The molecule has 1 aromatic heterocycles. The second-order valence-corrected chi connectivity index (χ2v) is 6.95. The third-order valence-corrected chi connectivity index (χ3v) is 4.68. The molecule has 26 heavy (non-hydrogen) atoms. The van der Waals surface area contributed by atoms with Crippen molar-refractivity contribution in [3.8, 4) is 17.1 Å². The van der Waals surface area contributed by atoms with E-state index in [1.807, 2.05) is 18.3 Å². The van der Waals surface area contributed by atoms with E-state index in [0.29, 0.717) is 24.1 Å². The molecule has 1 atom stereocenters. The fourth-order valence-corrected chi connectivity index (χ4v) is 3.13. The van der Waals surface area contributed by atoms with Crippen molar-refractivity contribution >= 4 is 6.16 Å². The maximum atomic E-state index is 11.6. The minimum atomic E-state index is -0.659. The van der Waals surface area contributed by atoms with Crippen LogP contribution in [0.25, 0.3) is 11.4 Å². The summed E-state index contributed by atoms with van der Waals surface area (Å²) in [6, 6.07) is 7.22. The van der Waals surface area contributed by atoms with Crippen LogP contribution >= 0.6 is 0 Å². The number of carbonyl (C=O) groups is 1. The zero-order valence-electron chi connectivity index (χ0n) is 15.5. The molecule has 0 saturated heterocycles. The van der Waals surface area contributed by atoms with Crippen molar-refractivity contribution in [3.05, 3.63) is 41.7 Å².